The number of carboxylic acids is 1. The molecule has 1 saturated carbocycles. The van der Waals surface area contributed by atoms with Crippen molar-refractivity contribution >= 4 is 16.0 Å². The molecule has 0 bridgehead atoms. The second kappa shape index (κ2) is 6.15. The van der Waals surface area contributed by atoms with E-state index in [0.29, 0.717) is 23.9 Å². The number of benzene rings is 1. The largest absolute Gasteiger partial charge is 0.478 e. The molecule has 2 unspecified atom stereocenters. The number of nitrogens with one attached hydrogen (secondary N) is 1. The summed E-state index contributed by atoms with van der Waals surface area (Å²) in [6.45, 7) is 4.24. The van der Waals surface area contributed by atoms with Crippen molar-refractivity contribution < 1.29 is 18.3 Å². The first-order valence-corrected chi connectivity index (χ1v) is 8.61. The zero-order valence-corrected chi connectivity index (χ0v) is 13.1. The van der Waals surface area contributed by atoms with Crippen molar-refractivity contribution in [3.63, 3.8) is 0 Å². The molecule has 1 aromatic carbocycles. The fourth-order valence-corrected chi connectivity index (χ4v) is 3.96. The number of aromatic carboxylic acids is 1. The van der Waals surface area contributed by atoms with Crippen LogP contribution in [0.5, 0.6) is 0 Å². The van der Waals surface area contributed by atoms with E-state index in [-0.39, 0.29) is 10.5 Å². The highest BCUT2D eigenvalue weighted by Gasteiger charge is 2.24. The maximum absolute atomic E-state index is 12.3. The average molecular weight is 311 g/mol. The van der Waals surface area contributed by atoms with E-state index in [9.17, 15) is 13.2 Å². The van der Waals surface area contributed by atoms with Gasteiger partial charge < -0.3 is 5.11 Å². The highest BCUT2D eigenvalue weighted by molar-refractivity contribution is 7.89. The number of hydrogen-bond acceptors (Lipinski definition) is 3. The fraction of sp³-hybridized carbons (Fsp3) is 0.533. The number of carboxylic acid groups (broad SMARTS) is 1. The van der Waals surface area contributed by atoms with E-state index in [1.54, 1.807) is 6.92 Å². The standard InChI is InChI=1S/C15H21NO4S/c1-10-3-5-12(7-10)9-16-21(19,20)13-6-4-11(2)14(8-13)15(17)18/h4,6,8,10,12,16H,3,5,7,9H2,1-2H3,(H,17,18). The summed E-state index contributed by atoms with van der Waals surface area (Å²) in [4.78, 5) is 11.1. The van der Waals surface area contributed by atoms with Gasteiger partial charge >= 0.3 is 5.97 Å². The molecule has 2 atom stereocenters. The van der Waals surface area contributed by atoms with Crippen molar-refractivity contribution in [2.24, 2.45) is 11.8 Å². The Morgan fingerprint density at radius 2 is 2.10 bits per heavy atom. The van der Waals surface area contributed by atoms with Crippen molar-refractivity contribution in [3.8, 4) is 0 Å². The molecule has 0 radical (unpaired) electrons. The normalized spacial score (nSPS) is 22.4. The fourth-order valence-electron chi connectivity index (χ4n) is 2.82. The summed E-state index contributed by atoms with van der Waals surface area (Å²) < 4.78 is 27.1. The third-order valence-electron chi connectivity index (χ3n) is 4.12. The van der Waals surface area contributed by atoms with Crippen LogP contribution >= 0.6 is 0 Å². The summed E-state index contributed by atoms with van der Waals surface area (Å²) in [6.07, 6.45) is 3.22. The monoisotopic (exact) mass is 311 g/mol. The van der Waals surface area contributed by atoms with Crippen LogP contribution in [-0.2, 0) is 10.0 Å². The summed E-state index contributed by atoms with van der Waals surface area (Å²) in [5, 5.41) is 9.07. The highest BCUT2D eigenvalue weighted by Crippen LogP contribution is 2.30. The second-order valence-electron chi connectivity index (χ2n) is 5.92. The number of rotatable bonds is 5. The van der Waals surface area contributed by atoms with E-state index in [2.05, 4.69) is 11.6 Å². The first kappa shape index (κ1) is 16.0. The van der Waals surface area contributed by atoms with E-state index < -0.39 is 16.0 Å². The van der Waals surface area contributed by atoms with Crippen molar-refractivity contribution in [1.29, 1.82) is 0 Å². The molecule has 2 N–H and O–H groups in total. The SMILES string of the molecule is Cc1ccc(S(=O)(=O)NCC2CCC(C)C2)cc1C(=O)O. The average Bonchev–Trinajstić information content (AvgIpc) is 2.82. The van der Waals surface area contributed by atoms with Gasteiger partial charge in [0.2, 0.25) is 10.0 Å². The lowest BCUT2D eigenvalue weighted by molar-refractivity contribution is 0.0696. The minimum Gasteiger partial charge on any atom is -0.478 e. The molecular formula is C15H21NO4S. The van der Waals surface area contributed by atoms with Gasteiger partial charge in [-0.25, -0.2) is 17.9 Å². The molecular weight excluding hydrogens is 290 g/mol. The van der Waals surface area contributed by atoms with Crippen LogP contribution in [-0.4, -0.2) is 26.0 Å². The molecule has 5 nitrogen and oxygen atoms in total. The van der Waals surface area contributed by atoms with Crippen molar-refractivity contribution in [3.05, 3.63) is 29.3 Å². The molecule has 0 amide bonds. The van der Waals surface area contributed by atoms with E-state index in [1.165, 1.54) is 18.2 Å². The Balaban J connectivity index is 2.12. The molecule has 0 aliphatic heterocycles. The Hall–Kier alpha value is -1.40. The molecule has 1 aliphatic rings. The number of carbonyl (C=O) groups is 1. The van der Waals surface area contributed by atoms with Gasteiger partial charge in [0, 0.05) is 6.54 Å². The van der Waals surface area contributed by atoms with Crippen LogP contribution < -0.4 is 4.72 Å². The number of aryl methyl sites for hydroxylation is 1. The van der Waals surface area contributed by atoms with E-state index >= 15 is 0 Å². The summed E-state index contributed by atoms with van der Waals surface area (Å²) in [5.41, 5.74) is 0.568. The van der Waals surface area contributed by atoms with E-state index in [0.717, 1.165) is 19.3 Å². The molecule has 2 rings (SSSR count). The Labute approximate surface area is 125 Å². The Kier molecular flexibility index (Phi) is 4.68. The van der Waals surface area contributed by atoms with Gasteiger partial charge in [0.1, 0.15) is 0 Å². The van der Waals surface area contributed by atoms with Gasteiger partial charge in [0.05, 0.1) is 10.5 Å². The molecule has 1 aliphatic carbocycles. The van der Waals surface area contributed by atoms with Crippen LogP contribution in [0.1, 0.15) is 42.1 Å². The van der Waals surface area contributed by atoms with Crippen LogP contribution in [0.3, 0.4) is 0 Å². The highest BCUT2D eigenvalue weighted by atomic mass is 32.2. The van der Waals surface area contributed by atoms with Crippen LogP contribution in [0.25, 0.3) is 0 Å². The minimum absolute atomic E-state index is 0.0107. The molecule has 21 heavy (non-hydrogen) atoms. The van der Waals surface area contributed by atoms with Gasteiger partial charge in [0.25, 0.3) is 0 Å². The third-order valence-corrected chi connectivity index (χ3v) is 5.54. The summed E-state index contributed by atoms with van der Waals surface area (Å²) in [6, 6.07) is 4.19. The first-order chi connectivity index (χ1) is 9.79. The van der Waals surface area contributed by atoms with E-state index in [4.69, 9.17) is 5.11 Å². The summed E-state index contributed by atoms with van der Waals surface area (Å²) >= 11 is 0. The Bertz CT molecular complexity index is 639. The van der Waals surface area contributed by atoms with Crippen LogP contribution in [0.15, 0.2) is 23.1 Å². The lowest BCUT2D eigenvalue weighted by atomic mass is 10.1. The van der Waals surface area contributed by atoms with Crippen LogP contribution in [0, 0.1) is 18.8 Å². The molecule has 0 spiro atoms. The van der Waals surface area contributed by atoms with Crippen LogP contribution in [0.2, 0.25) is 0 Å². The predicted molar refractivity (Wildman–Crippen MR) is 79.8 cm³/mol. The minimum atomic E-state index is -3.65. The zero-order chi connectivity index (χ0) is 15.6. The van der Waals surface area contributed by atoms with Gasteiger partial charge in [-0.1, -0.05) is 19.4 Å². The van der Waals surface area contributed by atoms with Crippen molar-refractivity contribution in [1.82, 2.24) is 4.72 Å². The van der Waals surface area contributed by atoms with Gasteiger partial charge in [0.15, 0.2) is 0 Å². The number of sulfonamides is 1. The van der Waals surface area contributed by atoms with Crippen LogP contribution in [0.4, 0.5) is 0 Å². The van der Waals surface area contributed by atoms with Crippen molar-refractivity contribution in [2.45, 2.75) is 38.0 Å². The van der Waals surface area contributed by atoms with Gasteiger partial charge in [-0.3, -0.25) is 0 Å². The topological polar surface area (TPSA) is 83.5 Å². The molecule has 6 heteroatoms. The van der Waals surface area contributed by atoms with Gasteiger partial charge in [-0.15, -0.1) is 0 Å². The third kappa shape index (κ3) is 3.83. The number of hydrogen-bond donors (Lipinski definition) is 2. The molecule has 0 aromatic heterocycles. The molecule has 1 fully saturated rings. The lowest BCUT2D eigenvalue weighted by Crippen LogP contribution is -2.28. The van der Waals surface area contributed by atoms with Gasteiger partial charge in [-0.05, 0) is 49.3 Å². The predicted octanol–water partition coefficient (Wildman–Crippen LogP) is 2.41. The molecule has 0 heterocycles. The Morgan fingerprint density at radius 3 is 2.67 bits per heavy atom. The summed E-state index contributed by atoms with van der Waals surface area (Å²) in [5.74, 6) is -0.0918. The van der Waals surface area contributed by atoms with Crippen molar-refractivity contribution in [2.75, 3.05) is 6.54 Å². The quantitative estimate of drug-likeness (QED) is 0.874. The Morgan fingerprint density at radius 1 is 1.38 bits per heavy atom. The maximum atomic E-state index is 12.3. The molecule has 0 saturated heterocycles. The lowest BCUT2D eigenvalue weighted by Gasteiger charge is -2.12. The first-order valence-electron chi connectivity index (χ1n) is 7.13. The molecule has 116 valence electrons. The maximum Gasteiger partial charge on any atom is 0.335 e. The van der Waals surface area contributed by atoms with Gasteiger partial charge in [-0.2, -0.15) is 0 Å². The summed E-state index contributed by atoms with van der Waals surface area (Å²) in [7, 11) is -3.65. The van der Waals surface area contributed by atoms with E-state index in [1.807, 2.05) is 0 Å². The zero-order valence-electron chi connectivity index (χ0n) is 12.3. The molecule has 1 aromatic rings. The smallest absolute Gasteiger partial charge is 0.335 e. The second-order valence-corrected chi connectivity index (χ2v) is 7.68.